The molecule has 1 aromatic carbocycles. The zero-order valence-corrected chi connectivity index (χ0v) is 10.7. The Balaban J connectivity index is 2.73. The standard InChI is InChI=1S/C14H19NO2/c1-4-10-17-13-8-6-12(7-9-13)14(16)11(3)15-5-2/h6-9H,4-5,10H2,1-3H3. The Kier molecular flexibility index (Phi) is 5.40. The number of rotatable bonds is 6. The van der Waals surface area contributed by atoms with Gasteiger partial charge in [0.1, 0.15) is 5.75 Å². The number of hydrogen-bond donors (Lipinski definition) is 0. The van der Waals surface area contributed by atoms with Gasteiger partial charge in [0, 0.05) is 12.1 Å². The van der Waals surface area contributed by atoms with Gasteiger partial charge < -0.3 is 4.74 Å². The fraction of sp³-hybridized carbons (Fsp3) is 0.429. The molecule has 92 valence electrons. The van der Waals surface area contributed by atoms with E-state index in [1.165, 1.54) is 0 Å². The molecular formula is C14H19NO2. The molecule has 0 saturated heterocycles. The molecule has 0 radical (unpaired) electrons. The molecule has 0 saturated carbocycles. The number of aliphatic imine (C=N–C) groups is 1. The topological polar surface area (TPSA) is 38.7 Å². The van der Waals surface area contributed by atoms with Crippen molar-refractivity contribution in [2.24, 2.45) is 4.99 Å². The normalized spacial score (nSPS) is 11.4. The molecule has 0 heterocycles. The van der Waals surface area contributed by atoms with E-state index in [0.29, 0.717) is 24.4 Å². The summed E-state index contributed by atoms with van der Waals surface area (Å²) < 4.78 is 5.46. The highest BCUT2D eigenvalue weighted by Gasteiger charge is 2.08. The van der Waals surface area contributed by atoms with Gasteiger partial charge in [0.2, 0.25) is 5.78 Å². The summed E-state index contributed by atoms with van der Waals surface area (Å²) in [6, 6.07) is 7.20. The van der Waals surface area contributed by atoms with Crippen molar-refractivity contribution < 1.29 is 9.53 Å². The number of Topliss-reactive ketones (excluding diaryl/α,β-unsaturated/α-hetero) is 1. The minimum atomic E-state index is -0.0195. The van der Waals surface area contributed by atoms with Crippen LogP contribution in [0.15, 0.2) is 29.3 Å². The Bertz CT molecular complexity index is 393. The lowest BCUT2D eigenvalue weighted by Crippen LogP contribution is -2.10. The molecule has 0 N–H and O–H groups in total. The van der Waals surface area contributed by atoms with E-state index >= 15 is 0 Å². The second-order valence-electron chi connectivity index (χ2n) is 3.76. The van der Waals surface area contributed by atoms with E-state index in [0.717, 1.165) is 12.2 Å². The van der Waals surface area contributed by atoms with E-state index in [4.69, 9.17) is 4.74 Å². The third-order valence-electron chi connectivity index (χ3n) is 2.31. The molecule has 0 aliphatic carbocycles. The van der Waals surface area contributed by atoms with E-state index in [2.05, 4.69) is 11.9 Å². The number of nitrogens with zero attached hydrogens (tertiary/aromatic N) is 1. The fourth-order valence-electron chi connectivity index (χ4n) is 1.44. The van der Waals surface area contributed by atoms with Crippen LogP contribution in [-0.4, -0.2) is 24.6 Å². The van der Waals surface area contributed by atoms with Gasteiger partial charge in [-0.25, -0.2) is 0 Å². The average molecular weight is 233 g/mol. The Morgan fingerprint density at radius 1 is 1.24 bits per heavy atom. The summed E-state index contributed by atoms with van der Waals surface area (Å²) in [7, 11) is 0. The van der Waals surface area contributed by atoms with Crippen LogP contribution in [0.25, 0.3) is 0 Å². The van der Waals surface area contributed by atoms with Gasteiger partial charge in [-0.3, -0.25) is 9.79 Å². The molecule has 0 bridgehead atoms. The van der Waals surface area contributed by atoms with Gasteiger partial charge >= 0.3 is 0 Å². The smallest absolute Gasteiger partial charge is 0.206 e. The maximum atomic E-state index is 11.9. The van der Waals surface area contributed by atoms with Crippen LogP contribution in [-0.2, 0) is 0 Å². The molecule has 1 aromatic rings. The predicted octanol–water partition coefficient (Wildman–Crippen LogP) is 3.14. The van der Waals surface area contributed by atoms with Crippen LogP contribution >= 0.6 is 0 Å². The van der Waals surface area contributed by atoms with Crippen LogP contribution in [0.2, 0.25) is 0 Å². The van der Waals surface area contributed by atoms with E-state index < -0.39 is 0 Å². The van der Waals surface area contributed by atoms with Gasteiger partial charge in [-0.15, -0.1) is 0 Å². The molecular weight excluding hydrogens is 214 g/mol. The third kappa shape index (κ3) is 4.02. The van der Waals surface area contributed by atoms with Gasteiger partial charge in [-0.1, -0.05) is 6.92 Å². The molecule has 0 aliphatic rings. The highest BCUT2D eigenvalue weighted by atomic mass is 16.5. The number of ketones is 1. The van der Waals surface area contributed by atoms with Crippen LogP contribution in [0.1, 0.15) is 37.6 Å². The van der Waals surface area contributed by atoms with Gasteiger partial charge in [-0.2, -0.15) is 0 Å². The van der Waals surface area contributed by atoms with Crippen LogP contribution in [0, 0.1) is 0 Å². The first-order chi connectivity index (χ1) is 8.19. The Labute approximate surface area is 103 Å². The highest BCUT2D eigenvalue weighted by molar-refractivity contribution is 6.45. The fourth-order valence-corrected chi connectivity index (χ4v) is 1.44. The summed E-state index contributed by atoms with van der Waals surface area (Å²) in [4.78, 5) is 16.0. The molecule has 3 heteroatoms. The van der Waals surface area contributed by atoms with Gasteiger partial charge in [0.25, 0.3) is 0 Å². The molecule has 0 unspecified atom stereocenters. The summed E-state index contributed by atoms with van der Waals surface area (Å²) in [5, 5.41) is 0. The monoisotopic (exact) mass is 233 g/mol. The first-order valence-electron chi connectivity index (χ1n) is 5.97. The number of carbonyl (C=O) groups is 1. The Morgan fingerprint density at radius 2 is 1.88 bits per heavy atom. The maximum Gasteiger partial charge on any atom is 0.206 e. The predicted molar refractivity (Wildman–Crippen MR) is 70.2 cm³/mol. The molecule has 0 aromatic heterocycles. The van der Waals surface area contributed by atoms with Crippen LogP contribution < -0.4 is 4.74 Å². The minimum Gasteiger partial charge on any atom is -0.494 e. The zero-order chi connectivity index (χ0) is 12.7. The number of benzene rings is 1. The lowest BCUT2D eigenvalue weighted by atomic mass is 10.1. The lowest BCUT2D eigenvalue weighted by molar-refractivity contribution is 0.106. The summed E-state index contributed by atoms with van der Waals surface area (Å²) in [6.07, 6.45) is 0.975. The van der Waals surface area contributed by atoms with E-state index in [9.17, 15) is 4.79 Å². The number of hydrogen-bond acceptors (Lipinski definition) is 3. The molecule has 0 atom stereocenters. The lowest BCUT2D eigenvalue weighted by Gasteiger charge is -2.05. The summed E-state index contributed by atoms with van der Waals surface area (Å²) >= 11 is 0. The molecule has 0 aliphatic heterocycles. The molecule has 17 heavy (non-hydrogen) atoms. The van der Waals surface area contributed by atoms with Crippen molar-refractivity contribution in [1.29, 1.82) is 0 Å². The van der Waals surface area contributed by atoms with E-state index in [1.807, 2.05) is 19.1 Å². The van der Waals surface area contributed by atoms with Crippen molar-refractivity contribution in [2.45, 2.75) is 27.2 Å². The van der Waals surface area contributed by atoms with Crippen molar-refractivity contribution in [3.05, 3.63) is 29.8 Å². The molecule has 0 spiro atoms. The second kappa shape index (κ2) is 6.84. The maximum absolute atomic E-state index is 11.9. The van der Waals surface area contributed by atoms with Gasteiger partial charge in [0.05, 0.1) is 12.3 Å². The molecule has 1 rings (SSSR count). The summed E-state index contributed by atoms with van der Waals surface area (Å²) in [5.41, 5.74) is 1.21. The molecule has 0 fully saturated rings. The highest BCUT2D eigenvalue weighted by Crippen LogP contribution is 2.13. The summed E-state index contributed by atoms with van der Waals surface area (Å²) in [6.45, 7) is 7.05. The van der Waals surface area contributed by atoms with Crippen LogP contribution in [0.3, 0.4) is 0 Å². The SMILES string of the molecule is CCCOc1ccc(C(=O)C(C)=NCC)cc1. The average Bonchev–Trinajstić information content (AvgIpc) is 2.36. The molecule has 0 amide bonds. The Hall–Kier alpha value is -1.64. The zero-order valence-electron chi connectivity index (χ0n) is 10.7. The van der Waals surface area contributed by atoms with E-state index in [1.54, 1.807) is 19.1 Å². The Morgan fingerprint density at radius 3 is 2.41 bits per heavy atom. The van der Waals surface area contributed by atoms with Crippen molar-refractivity contribution >= 4 is 11.5 Å². The largest absolute Gasteiger partial charge is 0.494 e. The van der Waals surface area contributed by atoms with Crippen LogP contribution in [0.4, 0.5) is 0 Å². The minimum absolute atomic E-state index is 0.0195. The number of ether oxygens (including phenoxy) is 1. The molecule has 3 nitrogen and oxygen atoms in total. The van der Waals surface area contributed by atoms with Crippen molar-refractivity contribution in [3.63, 3.8) is 0 Å². The van der Waals surface area contributed by atoms with Gasteiger partial charge in [0.15, 0.2) is 0 Å². The van der Waals surface area contributed by atoms with Gasteiger partial charge in [-0.05, 0) is 44.5 Å². The van der Waals surface area contributed by atoms with Crippen molar-refractivity contribution in [1.82, 2.24) is 0 Å². The second-order valence-corrected chi connectivity index (χ2v) is 3.76. The van der Waals surface area contributed by atoms with Crippen molar-refractivity contribution in [2.75, 3.05) is 13.2 Å². The third-order valence-corrected chi connectivity index (χ3v) is 2.31. The first kappa shape index (κ1) is 13.4. The van der Waals surface area contributed by atoms with Crippen LogP contribution in [0.5, 0.6) is 5.75 Å². The number of carbonyl (C=O) groups excluding carboxylic acids is 1. The quantitative estimate of drug-likeness (QED) is 0.559. The van der Waals surface area contributed by atoms with E-state index in [-0.39, 0.29) is 5.78 Å². The van der Waals surface area contributed by atoms with Crippen molar-refractivity contribution in [3.8, 4) is 5.75 Å². The summed E-state index contributed by atoms with van der Waals surface area (Å²) in [5.74, 6) is 0.780. The first-order valence-corrected chi connectivity index (χ1v) is 5.97.